The molecule has 0 radical (unpaired) electrons. The molecule has 6 heteroatoms. The van der Waals surface area contributed by atoms with Crippen LogP contribution in [0.3, 0.4) is 0 Å². The van der Waals surface area contributed by atoms with Crippen LogP contribution in [0.4, 0.5) is 4.79 Å². The van der Waals surface area contributed by atoms with E-state index in [1.165, 1.54) is 42.8 Å². The Morgan fingerprint density at radius 3 is 2.54 bits per heavy atom. The number of carbonyl (C=O) groups is 1. The van der Waals surface area contributed by atoms with Gasteiger partial charge in [-0.2, -0.15) is 5.10 Å². The zero-order valence-electron chi connectivity index (χ0n) is 18.6. The maximum Gasteiger partial charge on any atom is 0.410 e. The summed E-state index contributed by atoms with van der Waals surface area (Å²) in [5.41, 5.74) is 3.47. The number of amides is 1. The van der Waals surface area contributed by atoms with E-state index in [0.29, 0.717) is 12.0 Å². The smallest absolute Gasteiger partial charge is 0.410 e. The highest BCUT2D eigenvalue weighted by Gasteiger charge is 2.32. The fraction of sp³-hybridized carbons (Fsp3) is 0.818. The van der Waals surface area contributed by atoms with Crippen LogP contribution < -0.4 is 0 Å². The Morgan fingerprint density at radius 1 is 1.18 bits per heavy atom. The number of nitrogens with zero attached hydrogens (tertiary/aromatic N) is 4. The molecule has 2 aliphatic rings. The van der Waals surface area contributed by atoms with Crippen molar-refractivity contribution in [2.24, 2.45) is 13.0 Å². The van der Waals surface area contributed by atoms with Gasteiger partial charge in [0.05, 0.1) is 5.69 Å². The SMILES string of the molecule is Cc1nn(C)c(C)c1[C@@H]1CCCN1CC[C@@H]1CCCN(C(=O)OC(C)(C)C)C1. The van der Waals surface area contributed by atoms with Gasteiger partial charge in [0.15, 0.2) is 0 Å². The molecule has 158 valence electrons. The van der Waals surface area contributed by atoms with Gasteiger partial charge in [-0.05, 0) is 85.7 Å². The highest BCUT2D eigenvalue weighted by atomic mass is 16.6. The van der Waals surface area contributed by atoms with Gasteiger partial charge in [-0.3, -0.25) is 9.58 Å². The van der Waals surface area contributed by atoms with Crippen LogP contribution in [0.2, 0.25) is 0 Å². The topological polar surface area (TPSA) is 50.6 Å². The minimum Gasteiger partial charge on any atom is -0.444 e. The summed E-state index contributed by atoms with van der Waals surface area (Å²) in [6.07, 6.45) is 5.76. The van der Waals surface area contributed by atoms with E-state index >= 15 is 0 Å². The van der Waals surface area contributed by atoms with E-state index in [9.17, 15) is 4.79 Å². The lowest BCUT2D eigenvalue weighted by atomic mass is 9.94. The van der Waals surface area contributed by atoms with Crippen LogP contribution in [0, 0.1) is 19.8 Å². The summed E-state index contributed by atoms with van der Waals surface area (Å²) >= 11 is 0. The van der Waals surface area contributed by atoms with Gasteiger partial charge in [-0.25, -0.2) is 4.79 Å². The molecular formula is C22H38N4O2. The summed E-state index contributed by atoms with van der Waals surface area (Å²) in [6, 6.07) is 0.499. The van der Waals surface area contributed by atoms with Gasteiger partial charge in [-0.15, -0.1) is 0 Å². The maximum absolute atomic E-state index is 12.4. The van der Waals surface area contributed by atoms with Crippen LogP contribution in [0.1, 0.15) is 75.9 Å². The number of rotatable bonds is 4. The van der Waals surface area contributed by atoms with Gasteiger partial charge in [0.1, 0.15) is 5.60 Å². The zero-order valence-corrected chi connectivity index (χ0v) is 18.6. The quantitative estimate of drug-likeness (QED) is 0.773. The number of aryl methyl sites for hydroxylation is 2. The Morgan fingerprint density at radius 2 is 1.89 bits per heavy atom. The first-order valence-corrected chi connectivity index (χ1v) is 10.9. The van der Waals surface area contributed by atoms with Crippen molar-refractivity contribution in [1.82, 2.24) is 19.6 Å². The number of piperidine rings is 1. The van der Waals surface area contributed by atoms with Gasteiger partial charge in [-0.1, -0.05) is 0 Å². The fourth-order valence-corrected chi connectivity index (χ4v) is 4.83. The van der Waals surface area contributed by atoms with Crippen molar-refractivity contribution in [1.29, 1.82) is 0 Å². The molecule has 2 atom stereocenters. The van der Waals surface area contributed by atoms with Crippen molar-refractivity contribution < 1.29 is 9.53 Å². The van der Waals surface area contributed by atoms with Crippen LogP contribution in [0.5, 0.6) is 0 Å². The molecule has 6 nitrogen and oxygen atoms in total. The van der Waals surface area contributed by atoms with Crippen LogP contribution in [0.25, 0.3) is 0 Å². The van der Waals surface area contributed by atoms with E-state index in [4.69, 9.17) is 4.74 Å². The second-order valence-corrected chi connectivity index (χ2v) is 9.63. The van der Waals surface area contributed by atoms with E-state index in [-0.39, 0.29) is 6.09 Å². The molecule has 3 heterocycles. The first kappa shape index (κ1) is 21.2. The molecular weight excluding hydrogens is 352 g/mol. The van der Waals surface area contributed by atoms with E-state index in [0.717, 1.165) is 32.5 Å². The summed E-state index contributed by atoms with van der Waals surface area (Å²) in [4.78, 5) is 17.0. The first-order chi connectivity index (χ1) is 13.2. The Balaban J connectivity index is 1.56. The molecule has 2 aliphatic heterocycles. The molecule has 0 unspecified atom stereocenters. The molecule has 2 fully saturated rings. The van der Waals surface area contributed by atoms with Crippen molar-refractivity contribution >= 4 is 6.09 Å². The van der Waals surface area contributed by atoms with Gasteiger partial charge in [0.2, 0.25) is 0 Å². The van der Waals surface area contributed by atoms with Gasteiger partial charge in [0.25, 0.3) is 0 Å². The van der Waals surface area contributed by atoms with Gasteiger partial charge >= 0.3 is 6.09 Å². The Kier molecular flexibility index (Phi) is 6.37. The molecule has 0 aromatic carbocycles. The number of hydrogen-bond donors (Lipinski definition) is 0. The molecule has 1 aromatic heterocycles. The molecule has 0 N–H and O–H groups in total. The van der Waals surface area contributed by atoms with Crippen LogP contribution in [-0.2, 0) is 11.8 Å². The van der Waals surface area contributed by atoms with Crippen LogP contribution in [-0.4, -0.2) is 57.5 Å². The average molecular weight is 391 g/mol. The largest absolute Gasteiger partial charge is 0.444 e. The maximum atomic E-state index is 12.4. The van der Waals surface area contributed by atoms with Crippen LogP contribution in [0.15, 0.2) is 0 Å². The highest BCUT2D eigenvalue weighted by Crippen LogP contribution is 2.36. The summed E-state index contributed by atoms with van der Waals surface area (Å²) in [7, 11) is 2.04. The summed E-state index contributed by atoms with van der Waals surface area (Å²) < 4.78 is 7.59. The van der Waals surface area contributed by atoms with E-state index in [1.54, 1.807) is 0 Å². The lowest BCUT2D eigenvalue weighted by Gasteiger charge is -2.35. The fourth-order valence-electron chi connectivity index (χ4n) is 4.83. The second-order valence-electron chi connectivity index (χ2n) is 9.63. The Hall–Kier alpha value is -1.56. The molecule has 28 heavy (non-hydrogen) atoms. The lowest BCUT2D eigenvalue weighted by molar-refractivity contribution is 0.0155. The highest BCUT2D eigenvalue weighted by molar-refractivity contribution is 5.68. The lowest BCUT2D eigenvalue weighted by Crippen LogP contribution is -2.43. The van der Waals surface area contributed by atoms with E-state index < -0.39 is 5.60 Å². The Bertz CT molecular complexity index is 691. The predicted molar refractivity (Wildman–Crippen MR) is 111 cm³/mol. The minimum atomic E-state index is -0.424. The van der Waals surface area contributed by atoms with Crippen molar-refractivity contribution in [2.45, 2.75) is 78.4 Å². The molecule has 0 bridgehead atoms. The summed E-state index contributed by atoms with van der Waals surface area (Å²) in [5, 5.41) is 4.63. The van der Waals surface area contributed by atoms with Crippen molar-refractivity contribution in [3.8, 4) is 0 Å². The third-order valence-corrected chi connectivity index (χ3v) is 6.26. The number of ether oxygens (including phenoxy) is 1. The summed E-state index contributed by atoms with van der Waals surface area (Å²) in [5.74, 6) is 0.568. The molecule has 0 aliphatic carbocycles. The number of likely N-dealkylation sites (tertiary alicyclic amines) is 2. The predicted octanol–water partition coefficient (Wildman–Crippen LogP) is 4.21. The van der Waals surface area contributed by atoms with Crippen LogP contribution >= 0.6 is 0 Å². The normalized spacial score (nSPS) is 24.0. The molecule has 1 aromatic rings. The first-order valence-electron chi connectivity index (χ1n) is 10.9. The van der Waals surface area contributed by atoms with Crippen molar-refractivity contribution in [3.63, 3.8) is 0 Å². The third-order valence-electron chi connectivity index (χ3n) is 6.26. The number of hydrogen-bond acceptors (Lipinski definition) is 4. The standard InChI is InChI=1S/C22H38N4O2/c1-16-20(17(2)24(6)23-16)19-10-8-12-25(19)14-11-18-9-7-13-26(15-18)21(27)28-22(3,4)5/h18-19H,7-15H2,1-6H3/t18-,19-/m0/s1. The van der Waals surface area contributed by atoms with E-state index in [1.807, 2.05) is 37.4 Å². The molecule has 1 amide bonds. The van der Waals surface area contributed by atoms with Crippen molar-refractivity contribution in [3.05, 3.63) is 17.0 Å². The van der Waals surface area contributed by atoms with Gasteiger partial charge < -0.3 is 9.64 Å². The molecule has 2 saturated heterocycles. The monoisotopic (exact) mass is 390 g/mol. The van der Waals surface area contributed by atoms with Crippen molar-refractivity contribution in [2.75, 3.05) is 26.2 Å². The molecule has 0 saturated carbocycles. The Labute approximate surface area is 170 Å². The number of aromatic nitrogens is 2. The van der Waals surface area contributed by atoms with E-state index in [2.05, 4.69) is 23.8 Å². The number of carbonyl (C=O) groups excluding carboxylic acids is 1. The van der Waals surface area contributed by atoms with Gasteiger partial charge in [0, 0.05) is 37.4 Å². The molecule has 0 spiro atoms. The summed E-state index contributed by atoms with van der Waals surface area (Å²) in [6.45, 7) is 14.0. The second kappa shape index (κ2) is 8.44. The molecule has 3 rings (SSSR count). The average Bonchev–Trinajstić information content (AvgIpc) is 3.16. The zero-order chi connectivity index (χ0) is 20.5. The minimum absolute atomic E-state index is 0.155. The third kappa shape index (κ3) is 4.88.